The maximum absolute atomic E-state index is 13.9. The van der Waals surface area contributed by atoms with E-state index in [4.69, 9.17) is 0 Å². The first kappa shape index (κ1) is 12.5. The molecular formula is C13H7FN2O3S. The number of nitrogens with one attached hydrogen (secondary N) is 1. The van der Waals surface area contributed by atoms with E-state index in [0.717, 1.165) is 11.3 Å². The minimum Gasteiger partial charge on any atom is -0.313 e. The lowest BCUT2D eigenvalue weighted by Crippen LogP contribution is -2.00. The number of hydrogen-bond acceptors (Lipinski definition) is 4. The lowest BCUT2D eigenvalue weighted by molar-refractivity contribution is -0.379. The maximum Gasteiger partial charge on any atom is 0.334 e. The summed E-state index contributed by atoms with van der Waals surface area (Å²) in [7, 11) is 0. The van der Waals surface area contributed by atoms with Gasteiger partial charge in [-0.15, -0.1) is 0 Å². The first-order valence-electron chi connectivity index (χ1n) is 5.63. The first-order valence-corrected chi connectivity index (χ1v) is 6.44. The molecule has 100 valence electrons. The molecule has 0 bridgehead atoms. The molecule has 1 N–H and O–H groups in total. The van der Waals surface area contributed by atoms with E-state index < -0.39 is 10.7 Å². The zero-order valence-electron chi connectivity index (χ0n) is 9.92. The molecule has 2 aromatic heterocycles. The minimum absolute atomic E-state index is 0.150. The van der Waals surface area contributed by atoms with Gasteiger partial charge in [-0.2, -0.15) is 0 Å². The van der Waals surface area contributed by atoms with Gasteiger partial charge in [0, 0.05) is 17.0 Å². The summed E-state index contributed by atoms with van der Waals surface area (Å²) >= 11 is 0.828. The Kier molecular flexibility index (Phi) is 2.83. The second-order valence-electron chi connectivity index (χ2n) is 4.08. The zero-order chi connectivity index (χ0) is 14.3. The molecule has 0 aliphatic rings. The molecule has 0 radical (unpaired) electrons. The average Bonchev–Trinajstić information content (AvgIpc) is 2.78. The van der Waals surface area contributed by atoms with E-state index in [-0.39, 0.29) is 21.7 Å². The summed E-state index contributed by atoms with van der Waals surface area (Å²) in [6, 6.07) is 8.59. The van der Waals surface area contributed by atoms with Crippen LogP contribution in [0.1, 0.15) is 0 Å². The Hall–Kier alpha value is -2.54. The second-order valence-corrected chi connectivity index (χ2v) is 5.08. The number of thiophene rings is 1. The Labute approximate surface area is 115 Å². The van der Waals surface area contributed by atoms with Gasteiger partial charge in [0.2, 0.25) is 5.56 Å². The Bertz CT molecular complexity index is 885. The number of aromatic nitrogens is 1. The highest BCUT2D eigenvalue weighted by atomic mass is 32.1. The molecule has 20 heavy (non-hydrogen) atoms. The number of nitrogens with zero attached hydrogens (tertiary/aromatic N) is 1. The standard InChI is InChI=1S/C13H7FN2O3S/c14-9-4-2-1-3-7(9)11-8-5-6-10(17)15-12(8)20-13(11)16(18)19/h1-6H,(H,15,17). The highest BCUT2D eigenvalue weighted by molar-refractivity contribution is 7.22. The van der Waals surface area contributed by atoms with Gasteiger partial charge >= 0.3 is 5.00 Å². The molecule has 0 amide bonds. The van der Waals surface area contributed by atoms with E-state index in [1.807, 2.05) is 0 Å². The van der Waals surface area contributed by atoms with Gasteiger partial charge < -0.3 is 4.98 Å². The van der Waals surface area contributed by atoms with E-state index in [9.17, 15) is 19.3 Å². The van der Waals surface area contributed by atoms with Crippen molar-refractivity contribution in [1.29, 1.82) is 0 Å². The van der Waals surface area contributed by atoms with Crippen LogP contribution in [0.2, 0.25) is 0 Å². The molecule has 0 unspecified atom stereocenters. The molecule has 0 spiro atoms. The topological polar surface area (TPSA) is 76.0 Å². The fourth-order valence-electron chi connectivity index (χ4n) is 2.05. The molecule has 0 aliphatic heterocycles. The van der Waals surface area contributed by atoms with Crippen LogP contribution in [0.3, 0.4) is 0 Å². The molecule has 3 rings (SSSR count). The summed E-state index contributed by atoms with van der Waals surface area (Å²) in [5, 5.41) is 11.4. The van der Waals surface area contributed by atoms with E-state index >= 15 is 0 Å². The number of halogens is 1. The maximum atomic E-state index is 13.9. The molecule has 0 saturated heterocycles. The monoisotopic (exact) mass is 290 g/mol. The third-order valence-electron chi connectivity index (χ3n) is 2.87. The molecule has 3 aromatic rings. The normalized spacial score (nSPS) is 10.8. The van der Waals surface area contributed by atoms with Crippen molar-refractivity contribution < 1.29 is 9.31 Å². The van der Waals surface area contributed by atoms with E-state index in [1.165, 1.54) is 30.3 Å². The van der Waals surface area contributed by atoms with E-state index in [0.29, 0.717) is 10.2 Å². The van der Waals surface area contributed by atoms with Gasteiger partial charge in [0.15, 0.2) is 0 Å². The van der Waals surface area contributed by atoms with Gasteiger partial charge in [-0.05, 0) is 23.5 Å². The first-order chi connectivity index (χ1) is 9.58. The fraction of sp³-hybridized carbons (Fsp3) is 0. The van der Waals surface area contributed by atoms with Gasteiger partial charge in [0.25, 0.3) is 0 Å². The smallest absolute Gasteiger partial charge is 0.313 e. The second kappa shape index (κ2) is 4.53. The number of benzene rings is 1. The van der Waals surface area contributed by atoms with Gasteiger partial charge in [-0.1, -0.05) is 18.2 Å². The van der Waals surface area contributed by atoms with Gasteiger partial charge in [0.1, 0.15) is 10.6 Å². The molecular weight excluding hydrogens is 283 g/mol. The minimum atomic E-state index is -0.565. The molecule has 2 heterocycles. The van der Waals surface area contributed by atoms with E-state index in [2.05, 4.69) is 4.98 Å². The van der Waals surface area contributed by atoms with Crippen LogP contribution >= 0.6 is 11.3 Å². The summed E-state index contributed by atoms with van der Waals surface area (Å²) in [5.41, 5.74) is -0.00409. The molecule has 1 aromatic carbocycles. The molecule has 0 fully saturated rings. The molecule has 0 saturated carbocycles. The summed E-state index contributed by atoms with van der Waals surface area (Å²) in [6.07, 6.45) is 0. The molecule has 5 nitrogen and oxygen atoms in total. The highest BCUT2D eigenvalue weighted by Gasteiger charge is 2.25. The van der Waals surface area contributed by atoms with Crippen molar-refractivity contribution in [2.45, 2.75) is 0 Å². The van der Waals surface area contributed by atoms with Crippen LogP contribution in [0, 0.1) is 15.9 Å². The summed E-state index contributed by atoms with van der Waals surface area (Å²) < 4.78 is 13.9. The van der Waals surface area contributed by atoms with Gasteiger partial charge in [0.05, 0.1) is 10.5 Å². The largest absolute Gasteiger partial charge is 0.334 e. The zero-order valence-corrected chi connectivity index (χ0v) is 10.7. The van der Waals surface area contributed by atoms with Crippen molar-refractivity contribution in [3.63, 3.8) is 0 Å². The Balaban J connectivity index is 2.44. The van der Waals surface area contributed by atoms with Crippen molar-refractivity contribution >= 4 is 26.6 Å². The quantitative estimate of drug-likeness (QED) is 0.581. The van der Waals surface area contributed by atoms with Crippen LogP contribution in [0.4, 0.5) is 9.39 Å². The third-order valence-corrected chi connectivity index (χ3v) is 3.95. The van der Waals surface area contributed by atoms with Crippen LogP contribution in [0.5, 0.6) is 0 Å². The van der Waals surface area contributed by atoms with Crippen molar-refractivity contribution in [1.82, 2.24) is 4.98 Å². The summed E-state index contributed by atoms with van der Waals surface area (Å²) in [6.45, 7) is 0. The van der Waals surface area contributed by atoms with Crippen LogP contribution in [-0.4, -0.2) is 9.91 Å². The van der Waals surface area contributed by atoms with Gasteiger partial charge in [-0.25, -0.2) is 4.39 Å². The van der Waals surface area contributed by atoms with Gasteiger partial charge in [-0.3, -0.25) is 14.9 Å². The summed E-state index contributed by atoms with van der Waals surface area (Å²) in [4.78, 5) is 24.8. The van der Waals surface area contributed by atoms with Crippen molar-refractivity contribution in [2.24, 2.45) is 0 Å². The molecule has 0 aliphatic carbocycles. The van der Waals surface area contributed by atoms with Crippen molar-refractivity contribution in [2.75, 3.05) is 0 Å². The lowest BCUT2D eigenvalue weighted by Gasteiger charge is -2.01. The Morgan fingerprint density at radius 3 is 2.65 bits per heavy atom. The average molecular weight is 290 g/mol. The Morgan fingerprint density at radius 2 is 1.95 bits per heavy atom. The predicted molar refractivity (Wildman–Crippen MR) is 74.5 cm³/mol. The Morgan fingerprint density at radius 1 is 1.20 bits per heavy atom. The number of nitro groups is 1. The number of rotatable bonds is 2. The lowest BCUT2D eigenvalue weighted by atomic mass is 10.0. The van der Waals surface area contributed by atoms with Crippen LogP contribution in [0.15, 0.2) is 41.2 Å². The number of aromatic amines is 1. The number of H-pyrrole nitrogens is 1. The molecule has 0 atom stereocenters. The summed E-state index contributed by atoms with van der Waals surface area (Å²) in [5.74, 6) is -0.540. The van der Waals surface area contributed by atoms with E-state index in [1.54, 1.807) is 6.07 Å². The van der Waals surface area contributed by atoms with Crippen LogP contribution in [0.25, 0.3) is 21.3 Å². The third kappa shape index (κ3) is 1.88. The molecule has 7 heteroatoms. The van der Waals surface area contributed by atoms with Crippen LogP contribution in [-0.2, 0) is 0 Å². The van der Waals surface area contributed by atoms with Crippen molar-refractivity contribution in [3.8, 4) is 11.1 Å². The van der Waals surface area contributed by atoms with Crippen molar-refractivity contribution in [3.05, 3.63) is 62.7 Å². The number of hydrogen-bond donors (Lipinski definition) is 1. The number of pyridine rings is 1. The van der Waals surface area contributed by atoms with Crippen LogP contribution < -0.4 is 5.56 Å². The highest BCUT2D eigenvalue weighted by Crippen LogP contribution is 2.43. The fourth-order valence-corrected chi connectivity index (χ4v) is 3.07. The number of fused-ring (bicyclic) bond motifs is 1. The predicted octanol–water partition coefficient (Wildman–Crippen LogP) is 3.30. The SMILES string of the molecule is O=c1ccc2c(-c3ccccc3F)c([N+](=O)[O-])sc2[nH]1.